The Kier molecular flexibility index (Phi) is 8.83. The average molecular weight is 336 g/mol. The van der Waals surface area contributed by atoms with E-state index in [1.54, 1.807) is 6.92 Å². The Hall–Kier alpha value is -0.870. The standard InChI is InChI=1S/C14H22NO4P.ClH/c1-3-19-14(16)13(10-20(17,18)11(2)15)9-12-7-5-4-6-8-12;/h4-8,11,13H,3,9-10,15H2,1-2H3,(H,17,18);1H. The van der Waals surface area contributed by atoms with E-state index in [9.17, 15) is 14.3 Å². The van der Waals surface area contributed by atoms with Crippen molar-refractivity contribution in [3.05, 3.63) is 35.9 Å². The number of esters is 1. The zero-order valence-electron chi connectivity index (χ0n) is 12.3. The Labute approximate surface area is 131 Å². The molecule has 120 valence electrons. The van der Waals surface area contributed by atoms with Crippen molar-refractivity contribution >= 4 is 25.7 Å². The lowest BCUT2D eigenvalue weighted by Gasteiger charge is -2.21. The van der Waals surface area contributed by atoms with E-state index in [1.165, 1.54) is 6.92 Å². The minimum absolute atomic E-state index is 0. The summed E-state index contributed by atoms with van der Waals surface area (Å²) in [6, 6.07) is 9.35. The van der Waals surface area contributed by atoms with Gasteiger partial charge in [-0.1, -0.05) is 30.3 Å². The van der Waals surface area contributed by atoms with Crippen LogP contribution in [-0.4, -0.2) is 29.4 Å². The highest BCUT2D eigenvalue weighted by molar-refractivity contribution is 7.58. The van der Waals surface area contributed by atoms with Crippen LogP contribution in [0.25, 0.3) is 0 Å². The van der Waals surface area contributed by atoms with Gasteiger partial charge >= 0.3 is 5.97 Å². The molecule has 0 spiro atoms. The highest BCUT2D eigenvalue weighted by atomic mass is 35.5. The van der Waals surface area contributed by atoms with Crippen molar-refractivity contribution in [3.8, 4) is 0 Å². The molecule has 3 unspecified atom stereocenters. The van der Waals surface area contributed by atoms with E-state index in [0.29, 0.717) is 6.42 Å². The van der Waals surface area contributed by atoms with E-state index in [-0.39, 0.29) is 25.2 Å². The van der Waals surface area contributed by atoms with Crippen LogP contribution in [0, 0.1) is 5.92 Å². The van der Waals surface area contributed by atoms with Crippen molar-refractivity contribution in [2.24, 2.45) is 11.7 Å². The van der Waals surface area contributed by atoms with Gasteiger partial charge in [0.15, 0.2) is 0 Å². The van der Waals surface area contributed by atoms with Gasteiger partial charge in [-0.3, -0.25) is 9.36 Å². The van der Waals surface area contributed by atoms with Crippen LogP contribution in [0.4, 0.5) is 0 Å². The average Bonchev–Trinajstić information content (AvgIpc) is 2.39. The van der Waals surface area contributed by atoms with Gasteiger partial charge in [-0.2, -0.15) is 0 Å². The van der Waals surface area contributed by atoms with E-state index < -0.39 is 25.0 Å². The first kappa shape index (κ1) is 20.1. The fourth-order valence-corrected chi connectivity index (χ4v) is 3.11. The Bertz CT molecular complexity index is 481. The summed E-state index contributed by atoms with van der Waals surface area (Å²) in [5.74, 6) is -1.96. The van der Waals surface area contributed by atoms with Gasteiger partial charge < -0.3 is 15.4 Å². The molecule has 0 radical (unpaired) electrons. The highest BCUT2D eigenvalue weighted by Crippen LogP contribution is 2.46. The molecule has 21 heavy (non-hydrogen) atoms. The number of benzene rings is 1. The number of nitrogens with two attached hydrogens (primary N) is 1. The van der Waals surface area contributed by atoms with E-state index >= 15 is 0 Å². The van der Waals surface area contributed by atoms with Gasteiger partial charge in [0.05, 0.1) is 18.3 Å². The van der Waals surface area contributed by atoms with E-state index in [2.05, 4.69) is 0 Å². The number of hydrogen-bond acceptors (Lipinski definition) is 4. The summed E-state index contributed by atoms with van der Waals surface area (Å²) in [4.78, 5) is 21.8. The van der Waals surface area contributed by atoms with Crippen LogP contribution in [0.3, 0.4) is 0 Å². The molecule has 0 aliphatic carbocycles. The van der Waals surface area contributed by atoms with E-state index in [4.69, 9.17) is 10.5 Å². The summed E-state index contributed by atoms with van der Waals surface area (Å²) in [6.07, 6.45) is 0.218. The van der Waals surface area contributed by atoms with Crippen LogP contribution in [-0.2, 0) is 20.5 Å². The lowest BCUT2D eigenvalue weighted by atomic mass is 10.0. The second-order valence-electron chi connectivity index (χ2n) is 4.82. The van der Waals surface area contributed by atoms with Crippen LogP contribution in [0.2, 0.25) is 0 Å². The third kappa shape index (κ3) is 6.62. The smallest absolute Gasteiger partial charge is 0.309 e. The van der Waals surface area contributed by atoms with Crippen molar-refractivity contribution in [3.63, 3.8) is 0 Å². The van der Waals surface area contributed by atoms with Crippen molar-refractivity contribution in [2.45, 2.75) is 26.1 Å². The molecule has 1 aromatic rings. The summed E-state index contributed by atoms with van der Waals surface area (Å²) in [5, 5.41) is 0. The van der Waals surface area contributed by atoms with Crippen molar-refractivity contribution in [2.75, 3.05) is 12.8 Å². The summed E-state index contributed by atoms with van der Waals surface area (Å²) < 4.78 is 17.0. The molecule has 0 aliphatic rings. The van der Waals surface area contributed by atoms with Crippen LogP contribution in [0.1, 0.15) is 19.4 Å². The monoisotopic (exact) mass is 335 g/mol. The van der Waals surface area contributed by atoms with Crippen LogP contribution < -0.4 is 5.73 Å². The van der Waals surface area contributed by atoms with Gasteiger partial charge in [0.2, 0.25) is 7.37 Å². The molecule has 0 amide bonds. The normalized spacial score (nSPS) is 16.2. The molecule has 0 bridgehead atoms. The van der Waals surface area contributed by atoms with Gasteiger partial charge in [-0.15, -0.1) is 12.4 Å². The van der Waals surface area contributed by atoms with Crippen LogP contribution in [0.5, 0.6) is 0 Å². The Balaban J connectivity index is 0.00000400. The summed E-state index contributed by atoms with van der Waals surface area (Å²) in [5.41, 5.74) is 6.45. The van der Waals surface area contributed by atoms with Crippen molar-refractivity contribution < 1.29 is 19.0 Å². The largest absolute Gasteiger partial charge is 0.466 e. The molecule has 0 saturated carbocycles. The fourth-order valence-electron chi connectivity index (χ4n) is 1.86. The quantitative estimate of drug-likeness (QED) is 0.590. The zero-order chi connectivity index (χ0) is 15.2. The molecule has 0 aliphatic heterocycles. The second-order valence-corrected chi connectivity index (χ2v) is 7.51. The maximum absolute atomic E-state index is 12.0. The number of rotatable bonds is 7. The third-order valence-electron chi connectivity index (χ3n) is 3.06. The van der Waals surface area contributed by atoms with Gasteiger partial charge in [0, 0.05) is 6.16 Å². The second kappa shape index (κ2) is 9.21. The molecule has 0 heterocycles. The molecule has 0 fully saturated rings. The van der Waals surface area contributed by atoms with Gasteiger partial charge in [0.1, 0.15) is 0 Å². The molecule has 3 N–H and O–H groups in total. The van der Waals surface area contributed by atoms with Gasteiger partial charge in [0.25, 0.3) is 0 Å². The summed E-state index contributed by atoms with van der Waals surface area (Å²) >= 11 is 0. The van der Waals surface area contributed by atoms with Gasteiger partial charge in [-0.25, -0.2) is 0 Å². The minimum atomic E-state index is -3.56. The Morgan fingerprint density at radius 1 is 1.38 bits per heavy atom. The molecule has 1 rings (SSSR count). The van der Waals surface area contributed by atoms with Crippen LogP contribution >= 0.6 is 19.8 Å². The predicted octanol–water partition coefficient (Wildman–Crippen LogP) is 2.41. The van der Waals surface area contributed by atoms with Gasteiger partial charge in [-0.05, 0) is 25.8 Å². The molecule has 1 aromatic carbocycles. The number of carbonyl (C=O) groups is 1. The third-order valence-corrected chi connectivity index (χ3v) is 5.30. The molecular formula is C14H23ClNO4P. The number of carbonyl (C=O) groups excluding carboxylic acids is 1. The van der Waals surface area contributed by atoms with E-state index in [0.717, 1.165) is 5.56 Å². The van der Waals surface area contributed by atoms with Crippen LogP contribution in [0.15, 0.2) is 30.3 Å². The fraction of sp³-hybridized carbons (Fsp3) is 0.500. The first-order valence-corrected chi connectivity index (χ1v) is 8.56. The zero-order valence-corrected chi connectivity index (χ0v) is 14.0. The maximum atomic E-state index is 12.0. The molecule has 7 heteroatoms. The molecular weight excluding hydrogens is 313 g/mol. The lowest BCUT2D eigenvalue weighted by Crippen LogP contribution is -2.27. The number of hydrogen-bond donors (Lipinski definition) is 2. The number of halogens is 1. The number of ether oxygens (including phenoxy) is 1. The summed E-state index contributed by atoms with van der Waals surface area (Å²) in [7, 11) is -3.56. The molecule has 5 nitrogen and oxygen atoms in total. The Morgan fingerprint density at radius 3 is 2.43 bits per heavy atom. The molecule has 0 saturated heterocycles. The highest BCUT2D eigenvalue weighted by Gasteiger charge is 2.32. The molecule has 0 aromatic heterocycles. The van der Waals surface area contributed by atoms with Crippen molar-refractivity contribution in [1.82, 2.24) is 0 Å². The first-order valence-electron chi connectivity index (χ1n) is 6.64. The first-order chi connectivity index (χ1) is 9.36. The van der Waals surface area contributed by atoms with Crippen molar-refractivity contribution in [1.29, 1.82) is 0 Å². The topological polar surface area (TPSA) is 89.6 Å². The maximum Gasteiger partial charge on any atom is 0.309 e. The summed E-state index contributed by atoms with van der Waals surface area (Å²) in [6.45, 7) is 3.44. The molecule has 3 atom stereocenters. The Morgan fingerprint density at radius 2 is 1.95 bits per heavy atom. The van der Waals surface area contributed by atoms with E-state index in [1.807, 2.05) is 30.3 Å². The minimum Gasteiger partial charge on any atom is -0.466 e. The lowest BCUT2D eigenvalue weighted by molar-refractivity contribution is -0.147. The SMILES string of the molecule is CCOC(=O)C(Cc1ccccc1)CP(=O)(O)C(C)N.Cl. The predicted molar refractivity (Wildman–Crippen MR) is 85.9 cm³/mol.